The Kier molecular flexibility index (Phi) is 7.57. The van der Waals surface area contributed by atoms with E-state index in [0.29, 0.717) is 15.7 Å². The highest BCUT2D eigenvalue weighted by Gasteiger charge is 2.20. The minimum absolute atomic E-state index is 0.0643. The fraction of sp³-hybridized carbons (Fsp3) is 0.316. The number of nitrogens with zero attached hydrogens (tertiary/aromatic N) is 1. The van der Waals surface area contributed by atoms with E-state index in [4.69, 9.17) is 27.4 Å². The standard InChI is InChI=1S/C19H22Cl2N2O4S/c1-4-13(2)23(19(24)22-18-9-8-15(20)11-17(18)21)12-14-6-5-7-16(10-14)27-28(3,25)26/h5-11,13H,4,12H2,1-3H3,(H,22,24)/t13-/m0/s1. The van der Waals surface area contributed by atoms with Crippen LogP contribution in [0.25, 0.3) is 0 Å². The zero-order chi connectivity index (χ0) is 20.9. The van der Waals surface area contributed by atoms with Crippen molar-refractivity contribution in [2.75, 3.05) is 11.6 Å². The number of benzene rings is 2. The summed E-state index contributed by atoms with van der Waals surface area (Å²) in [6, 6.07) is 11.1. The predicted molar refractivity (Wildman–Crippen MR) is 113 cm³/mol. The molecule has 28 heavy (non-hydrogen) atoms. The summed E-state index contributed by atoms with van der Waals surface area (Å²) in [5.41, 5.74) is 1.19. The highest BCUT2D eigenvalue weighted by Crippen LogP contribution is 2.26. The van der Waals surface area contributed by atoms with Crippen LogP contribution in [0.2, 0.25) is 10.0 Å². The summed E-state index contributed by atoms with van der Waals surface area (Å²) in [5.74, 6) is 0.199. The molecule has 0 spiro atoms. The van der Waals surface area contributed by atoms with Gasteiger partial charge in [-0.25, -0.2) is 4.79 Å². The molecule has 2 amide bonds. The Morgan fingerprint density at radius 2 is 1.93 bits per heavy atom. The lowest BCUT2D eigenvalue weighted by Gasteiger charge is -2.29. The summed E-state index contributed by atoms with van der Waals surface area (Å²) in [7, 11) is -3.63. The molecule has 0 aliphatic heterocycles. The van der Waals surface area contributed by atoms with Crippen LogP contribution in [0, 0.1) is 0 Å². The summed E-state index contributed by atoms with van der Waals surface area (Å²) in [6.45, 7) is 4.18. The van der Waals surface area contributed by atoms with E-state index in [1.54, 1.807) is 47.4 Å². The van der Waals surface area contributed by atoms with Crippen LogP contribution >= 0.6 is 23.2 Å². The van der Waals surface area contributed by atoms with E-state index in [-0.39, 0.29) is 24.4 Å². The molecule has 0 heterocycles. The van der Waals surface area contributed by atoms with Gasteiger partial charge in [0.2, 0.25) is 0 Å². The first-order valence-corrected chi connectivity index (χ1v) is 11.2. The van der Waals surface area contributed by atoms with E-state index >= 15 is 0 Å². The quantitative estimate of drug-likeness (QED) is 0.597. The minimum Gasteiger partial charge on any atom is -0.383 e. The summed E-state index contributed by atoms with van der Waals surface area (Å²) < 4.78 is 27.6. The number of anilines is 1. The molecule has 152 valence electrons. The van der Waals surface area contributed by atoms with Gasteiger partial charge in [0.05, 0.1) is 17.0 Å². The second-order valence-corrected chi connectivity index (χ2v) is 8.79. The van der Waals surface area contributed by atoms with E-state index < -0.39 is 10.1 Å². The minimum atomic E-state index is -3.63. The molecule has 1 atom stereocenters. The molecular weight excluding hydrogens is 423 g/mol. The maximum atomic E-state index is 12.9. The molecular formula is C19H22Cl2N2O4S. The van der Waals surface area contributed by atoms with Crippen molar-refractivity contribution >= 4 is 45.0 Å². The normalized spacial score (nSPS) is 12.3. The van der Waals surface area contributed by atoms with Crippen molar-refractivity contribution in [2.24, 2.45) is 0 Å². The summed E-state index contributed by atoms with van der Waals surface area (Å²) in [5, 5.41) is 3.61. The molecule has 2 rings (SSSR count). The van der Waals surface area contributed by atoms with E-state index in [0.717, 1.165) is 18.2 Å². The van der Waals surface area contributed by atoms with Crippen molar-refractivity contribution in [3.63, 3.8) is 0 Å². The predicted octanol–water partition coefficient (Wildman–Crippen LogP) is 5.16. The Bertz CT molecular complexity index is 951. The number of carbonyl (C=O) groups is 1. The topological polar surface area (TPSA) is 75.7 Å². The molecule has 0 unspecified atom stereocenters. The van der Waals surface area contributed by atoms with Crippen LogP contribution < -0.4 is 9.50 Å². The highest BCUT2D eigenvalue weighted by molar-refractivity contribution is 7.86. The molecule has 0 saturated heterocycles. The smallest absolute Gasteiger partial charge is 0.322 e. The number of rotatable bonds is 7. The van der Waals surface area contributed by atoms with E-state index in [2.05, 4.69) is 5.32 Å². The van der Waals surface area contributed by atoms with Crippen LogP contribution in [0.5, 0.6) is 5.75 Å². The Labute approximate surface area is 175 Å². The molecule has 0 aliphatic rings. The van der Waals surface area contributed by atoms with Gasteiger partial charge in [0, 0.05) is 17.6 Å². The van der Waals surface area contributed by atoms with Gasteiger partial charge < -0.3 is 14.4 Å². The van der Waals surface area contributed by atoms with Crippen molar-refractivity contribution in [3.8, 4) is 5.75 Å². The van der Waals surface area contributed by atoms with Crippen LogP contribution in [0.4, 0.5) is 10.5 Å². The lowest BCUT2D eigenvalue weighted by molar-refractivity contribution is 0.187. The molecule has 0 aliphatic carbocycles. The zero-order valence-electron chi connectivity index (χ0n) is 15.8. The van der Waals surface area contributed by atoms with Crippen molar-refractivity contribution in [2.45, 2.75) is 32.9 Å². The van der Waals surface area contributed by atoms with Gasteiger partial charge in [0.15, 0.2) is 0 Å². The number of halogens is 2. The molecule has 0 saturated carbocycles. The van der Waals surface area contributed by atoms with Crippen molar-refractivity contribution in [3.05, 3.63) is 58.1 Å². The van der Waals surface area contributed by atoms with Gasteiger partial charge in [0.25, 0.3) is 0 Å². The second-order valence-electron chi connectivity index (χ2n) is 6.37. The maximum Gasteiger partial charge on any atom is 0.322 e. The van der Waals surface area contributed by atoms with Crippen molar-refractivity contribution in [1.29, 1.82) is 0 Å². The monoisotopic (exact) mass is 444 g/mol. The summed E-state index contributed by atoms with van der Waals surface area (Å²) in [4.78, 5) is 14.5. The molecule has 9 heteroatoms. The lowest BCUT2D eigenvalue weighted by atomic mass is 10.1. The highest BCUT2D eigenvalue weighted by atomic mass is 35.5. The van der Waals surface area contributed by atoms with E-state index in [1.165, 1.54) is 0 Å². The molecule has 0 aromatic heterocycles. The third-order valence-electron chi connectivity index (χ3n) is 4.06. The SMILES string of the molecule is CC[C@H](C)N(Cc1cccc(OS(C)(=O)=O)c1)C(=O)Nc1ccc(Cl)cc1Cl. The zero-order valence-corrected chi connectivity index (χ0v) is 18.1. The first-order valence-electron chi connectivity index (χ1n) is 8.60. The van der Waals surface area contributed by atoms with Gasteiger partial charge in [0.1, 0.15) is 5.75 Å². The Morgan fingerprint density at radius 1 is 1.21 bits per heavy atom. The third-order valence-corrected chi connectivity index (χ3v) is 5.10. The molecule has 2 aromatic carbocycles. The van der Waals surface area contributed by atoms with Gasteiger partial charge in [-0.15, -0.1) is 0 Å². The fourth-order valence-electron chi connectivity index (χ4n) is 2.49. The van der Waals surface area contributed by atoms with Crippen molar-refractivity contribution < 1.29 is 17.4 Å². The molecule has 2 aromatic rings. The molecule has 0 radical (unpaired) electrons. The van der Waals surface area contributed by atoms with Gasteiger partial charge in [-0.1, -0.05) is 42.3 Å². The van der Waals surface area contributed by atoms with E-state index in [9.17, 15) is 13.2 Å². The van der Waals surface area contributed by atoms with E-state index in [1.807, 2.05) is 13.8 Å². The molecule has 0 bridgehead atoms. The van der Waals surface area contributed by atoms with Gasteiger partial charge in [-0.3, -0.25) is 0 Å². The number of hydrogen-bond acceptors (Lipinski definition) is 4. The van der Waals surface area contributed by atoms with Crippen LogP contribution in [-0.4, -0.2) is 31.6 Å². The second kappa shape index (κ2) is 9.49. The largest absolute Gasteiger partial charge is 0.383 e. The molecule has 0 fully saturated rings. The Hall–Kier alpha value is -1.96. The fourth-order valence-corrected chi connectivity index (χ4v) is 3.40. The average molecular weight is 445 g/mol. The molecule has 6 nitrogen and oxygen atoms in total. The summed E-state index contributed by atoms with van der Waals surface area (Å²) in [6.07, 6.45) is 1.72. The number of amides is 2. The van der Waals surface area contributed by atoms with Gasteiger partial charge >= 0.3 is 16.1 Å². The van der Waals surface area contributed by atoms with Crippen LogP contribution in [0.3, 0.4) is 0 Å². The first-order chi connectivity index (χ1) is 13.1. The number of carbonyl (C=O) groups excluding carboxylic acids is 1. The summed E-state index contributed by atoms with van der Waals surface area (Å²) >= 11 is 12.0. The number of urea groups is 1. The Morgan fingerprint density at radius 3 is 2.54 bits per heavy atom. The molecule has 1 N–H and O–H groups in total. The maximum absolute atomic E-state index is 12.9. The van der Waals surface area contributed by atoms with Gasteiger partial charge in [-0.05, 0) is 49.2 Å². The number of nitrogens with one attached hydrogen (secondary N) is 1. The van der Waals surface area contributed by atoms with Crippen LogP contribution in [0.15, 0.2) is 42.5 Å². The van der Waals surface area contributed by atoms with Crippen LogP contribution in [-0.2, 0) is 16.7 Å². The van der Waals surface area contributed by atoms with Crippen molar-refractivity contribution in [1.82, 2.24) is 4.90 Å². The van der Waals surface area contributed by atoms with Crippen LogP contribution in [0.1, 0.15) is 25.8 Å². The van der Waals surface area contributed by atoms with Gasteiger partial charge in [-0.2, -0.15) is 8.42 Å². The average Bonchev–Trinajstić information content (AvgIpc) is 2.60. The number of hydrogen-bond donors (Lipinski definition) is 1. The first kappa shape index (κ1) is 22.3. The lowest BCUT2D eigenvalue weighted by Crippen LogP contribution is -2.40. The third kappa shape index (κ3) is 6.58. The Balaban J connectivity index is 2.22.